The van der Waals surface area contributed by atoms with Crippen LogP contribution >= 0.6 is 12.4 Å². The zero-order valence-electron chi connectivity index (χ0n) is 14.9. The monoisotopic (exact) mass is 369 g/mol. The van der Waals surface area contributed by atoms with Gasteiger partial charge in [0.25, 0.3) is 0 Å². The number of halogens is 1. The van der Waals surface area contributed by atoms with E-state index >= 15 is 0 Å². The maximum absolute atomic E-state index is 12.7. The summed E-state index contributed by atoms with van der Waals surface area (Å²) in [4.78, 5) is 16.8. The van der Waals surface area contributed by atoms with Crippen LogP contribution in [0, 0.1) is 0 Å². The van der Waals surface area contributed by atoms with E-state index in [1.807, 2.05) is 36.1 Å². The van der Waals surface area contributed by atoms with E-state index in [-0.39, 0.29) is 24.4 Å². The Bertz CT molecular complexity index is 572. The van der Waals surface area contributed by atoms with Gasteiger partial charge in [-0.1, -0.05) is 12.1 Å². The number of hydrogen-bond donors (Lipinski definition) is 1. The van der Waals surface area contributed by atoms with E-state index in [0.717, 1.165) is 31.1 Å². The Kier molecular flexibility index (Phi) is 7.35. The lowest BCUT2D eigenvalue weighted by Gasteiger charge is -2.36. The zero-order chi connectivity index (χ0) is 16.9. The molecule has 0 spiro atoms. The summed E-state index contributed by atoms with van der Waals surface area (Å²) in [5.74, 6) is 1.69. The highest BCUT2D eigenvalue weighted by Gasteiger charge is 2.27. The predicted octanol–water partition coefficient (Wildman–Crippen LogP) is 1.39. The van der Waals surface area contributed by atoms with Gasteiger partial charge < -0.3 is 19.7 Å². The molecule has 2 atom stereocenters. The van der Waals surface area contributed by atoms with Crippen LogP contribution in [0.5, 0.6) is 11.5 Å². The number of nitrogens with zero attached hydrogens (tertiary/aromatic N) is 2. The molecule has 1 aromatic rings. The van der Waals surface area contributed by atoms with Crippen molar-refractivity contribution in [2.45, 2.75) is 26.0 Å². The quantitative estimate of drug-likeness (QED) is 0.850. The van der Waals surface area contributed by atoms with Crippen LogP contribution in [-0.4, -0.2) is 73.7 Å². The van der Waals surface area contributed by atoms with Crippen molar-refractivity contribution in [1.82, 2.24) is 15.1 Å². The molecule has 2 aliphatic rings. The molecule has 0 bridgehead atoms. The van der Waals surface area contributed by atoms with Crippen LogP contribution < -0.4 is 14.8 Å². The number of benzene rings is 1. The van der Waals surface area contributed by atoms with Crippen molar-refractivity contribution in [3.05, 3.63) is 24.3 Å². The first-order valence-corrected chi connectivity index (χ1v) is 8.78. The van der Waals surface area contributed by atoms with Gasteiger partial charge in [-0.2, -0.15) is 0 Å². The standard InChI is InChI=1S/C18H27N3O3.ClH/c1-3-20(18(22)12-21-9-8-19-10-14(21)2)11-15-13-23-16-6-4-5-7-17(16)24-15;/h4-7,14-15,19H,3,8-13H2,1-2H3;1H/t14-,15?;/m0./s1. The molecule has 1 aromatic carbocycles. The lowest BCUT2D eigenvalue weighted by molar-refractivity contribution is -0.134. The van der Waals surface area contributed by atoms with Gasteiger partial charge in [0.15, 0.2) is 17.6 Å². The molecular weight excluding hydrogens is 342 g/mol. The number of ether oxygens (including phenoxy) is 2. The smallest absolute Gasteiger partial charge is 0.236 e. The third-order valence-corrected chi connectivity index (χ3v) is 4.70. The molecule has 2 heterocycles. The Morgan fingerprint density at radius 3 is 2.84 bits per heavy atom. The van der Waals surface area contributed by atoms with Gasteiger partial charge in [-0.3, -0.25) is 9.69 Å². The van der Waals surface area contributed by atoms with Crippen LogP contribution in [0.2, 0.25) is 0 Å². The fraction of sp³-hybridized carbons (Fsp3) is 0.611. The number of likely N-dealkylation sites (N-methyl/N-ethyl adjacent to an activating group) is 1. The topological polar surface area (TPSA) is 54.0 Å². The molecule has 1 unspecified atom stereocenters. The molecule has 0 saturated carbocycles. The maximum atomic E-state index is 12.7. The summed E-state index contributed by atoms with van der Waals surface area (Å²) < 4.78 is 11.7. The van der Waals surface area contributed by atoms with Gasteiger partial charge >= 0.3 is 0 Å². The highest BCUT2D eigenvalue weighted by Crippen LogP contribution is 2.31. The second-order valence-electron chi connectivity index (χ2n) is 6.45. The first-order chi connectivity index (χ1) is 11.7. The average molecular weight is 370 g/mol. The highest BCUT2D eigenvalue weighted by atomic mass is 35.5. The largest absolute Gasteiger partial charge is 0.486 e. The third-order valence-electron chi connectivity index (χ3n) is 4.70. The third kappa shape index (κ3) is 5.00. The summed E-state index contributed by atoms with van der Waals surface area (Å²) in [7, 11) is 0. The Morgan fingerprint density at radius 2 is 2.12 bits per heavy atom. The SMILES string of the molecule is CCN(CC1COc2ccccc2O1)C(=O)CN1CCNC[C@@H]1C.Cl. The van der Waals surface area contributed by atoms with Crippen molar-refractivity contribution >= 4 is 18.3 Å². The van der Waals surface area contributed by atoms with Crippen molar-refractivity contribution in [2.24, 2.45) is 0 Å². The Morgan fingerprint density at radius 1 is 1.36 bits per heavy atom. The molecule has 140 valence electrons. The molecular formula is C18H28ClN3O3. The van der Waals surface area contributed by atoms with Gasteiger partial charge in [0.2, 0.25) is 5.91 Å². The second-order valence-corrected chi connectivity index (χ2v) is 6.45. The molecule has 0 aliphatic carbocycles. The summed E-state index contributed by atoms with van der Waals surface area (Å²) >= 11 is 0. The Balaban J connectivity index is 0.00000225. The van der Waals surface area contributed by atoms with Crippen molar-refractivity contribution in [3.63, 3.8) is 0 Å². The van der Waals surface area contributed by atoms with Gasteiger partial charge in [0, 0.05) is 32.2 Å². The minimum Gasteiger partial charge on any atom is -0.486 e. The summed E-state index contributed by atoms with van der Waals surface area (Å²) in [5.41, 5.74) is 0. The first kappa shape index (κ1) is 19.8. The van der Waals surface area contributed by atoms with E-state index < -0.39 is 0 Å². The highest BCUT2D eigenvalue weighted by molar-refractivity contribution is 5.85. The van der Waals surface area contributed by atoms with Crippen LogP contribution in [0.4, 0.5) is 0 Å². The average Bonchev–Trinajstić information content (AvgIpc) is 2.61. The van der Waals surface area contributed by atoms with E-state index in [4.69, 9.17) is 9.47 Å². The fourth-order valence-corrected chi connectivity index (χ4v) is 3.20. The van der Waals surface area contributed by atoms with Crippen molar-refractivity contribution in [3.8, 4) is 11.5 Å². The number of fused-ring (bicyclic) bond motifs is 1. The molecule has 1 amide bonds. The maximum Gasteiger partial charge on any atom is 0.236 e. The molecule has 2 aliphatic heterocycles. The van der Waals surface area contributed by atoms with E-state index in [2.05, 4.69) is 17.1 Å². The number of para-hydroxylation sites is 2. The lowest BCUT2D eigenvalue weighted by atomic mass is 10.2. The number of piperazine rings is 1. The van der Waals surface area contributed by atoms with Crippen molar-refractivity contribution in [1.29, 1.82) is 0 Å². The molecule has 7 heteroatoms. The van der Waals surface area contributed by atoms with E-state index in [0.29, 0.717) is 32.3 Å². The minimum absolute atomic E-state index is 0. The van der Waals surface area contributed by atoms with Crippen LogP contribution in [-0.2, 0) is 4.79 Å². The fourth-order valence-electron chi connectivity index (χ4n) is 3.20. The molecule has 25 heavy (non-hydrogen) atoms. The summed E-state index contributed by atoms with van der Waals surface area (Å²) in [6.45, 7) is 9.16. The van der Waals surface area contributed by atoms with Crippen LogP contribution in [0.15, 0.2) is 24.3 Å². The van der Waals surface area contributed by atoms with Crippen molar-refractivity contribution < 1.29 is 14.3 Å². The van der Waals surface area contributed by atoms with Gasteiger partial charge in [-0.25, -0.2) is 0 Å². The molecule has 1 fully saturated rings. The number of carbonyl (C=O) groups is 1. The second kappa shape index (κ2) is 9.27. The number of nitrogens with one attached hydrogen (secondary N) is 1. The normalized spacial score (nSPS) is 22.8. The number of carbonyl (C=O) groups excluding carboxylic acids is 1. The van der Waals surface area contributed by atoms with E-state index in [1.54, 1.807) is 0 Å². The van der Waals surface area contributed by atoms with Crippen LogP contribution in [0.1, 0.15) is 13.8 Å². The lowest BCUT2D eigenvalue weighted by Crippen LogP contribution is -2.54. The minimum atomic E-state index is -0.121. The summed E-state index contributed by atoms with van der Waals surface area (Å²) in [6, 6.07) is 8.06. The molecule has 1 N–H and O–H groups in total. The molecule has 0 aromatic heterocycles. The van der Waals surface area contributed by atoms with Gasteiger partial charge in [-0.05, 0) is 26.0 Å². The molecule has 0 radical (unpaired) electrons. The van der Waals surface area contributed by atoms with Crippen LogP contribution in [0.3, 0.4) is 0 Å². The van der Waals surface area contributed by atoms with Crippen molar-refractivity contribution in [2.75, 3.05) is 45.9 Å². The number of rotatable bonds is 5. The van der Waals surface area contributed by atoms with Crippen LogP contribution in [0.25, 0.3) is 0 Å². The molecule has 6 nitrogen and oxygen atoms in total. The Hall–Kier alpha value is -1.50. The summed E-state index contributed by atoms with van der Waals surface area (Å²) in [6.07, 6.45) is -0.121. The van der Waals surface area contributed by atoms with E-state index in [1.165, 1.54) is 0 Å². The predicted molar refractivity (Wildman–Crippen MR) is 99.8 cm³/mol. The molecule has 1 saturated heterocycles. The van der Waals surface area contributed by atoms with Gasteiger partial charge in [-0.15, -0.1) is 12.4 Å². The zero-order valence-corrected chi connectivity index (χ0v) is 15.8. The molecule has 3 rings (SSSR count). The number of amides is 1. The summed E-state index contributed by atoms with van der Waals surface area (Å²) in [5, 5.41) is 3.35. The van der Waals surface area contributed by atoms with Gasteiger partial charge in [0.1, 0.15) is 6.61 Å². The Labute approximate surface area is 155 Å². The number of hydrogen-bond acceptors (Lipinski definition) is 5. The van der Waals surface area contributed by atoms with E-state index in [9.17, 15) is 4.79 Å². The van der Waals surface area contributed by atoms with Gasteiger partial charge in [0.05, 0.1) is 13.1 Å². The first-order valence-electron chi connectivity index (χ1n) is 8.78.